The van der Waals surface area contributed by atoms with E-state index in [0.717, 1.165) is 19.4 Å². The Morgan fingerprint density at radius 2 is 2.15 bits per heavy atom. The molecule has 2 fully saturated rings. The molecule has 2 aliphatic carbocycles. The summed E-state index contributed by atoms with van der Waals surface area (Å²) in [6.07, 6.45) is 9.25. The molecule has 0 aliphatic heterocycles. The van der Waals surface area contributed by atoms with Crippen molar-refractivity contribution in [3.8, 4) is 0 Å². The van der Waals surface area contributed by atoms with E-state index in [2.05, 4.69) is 10.4 Å². The van der Waals surface area contributed by atoms with Gasteiger partial charge in [0, 0.05) is 24.8 Å². The number of hydrogen-bond donors (Lipinski definition) is 2. The van der Waals surface area contributed by atoms with Gasteiger partial charge >= 0.3 is 0 Å². The molecule has 5 heteroatoms. The van der Waals surface area contributed by atoms with Gasteiger partial charge in [0.15, 0.2) is 0 Å². The first-order valence-electron chi connectivity index (χ1n) is 7.76. The lowest BCUT2D eigenvalue weighted by Crippen LogP contribution is -2.53. The third-order valence-electron chi connectivity index (χ3n) is 4.89. The van der Waals surface area contributed by atoms with Crippen LogP contribution in [0.5, 0.6) is 0 Å². The van der Waals surface area contributed by atoms with E-state index in [1.165, 1.54) is 19.3 Å². The molecule has 3 rings (SSSR count). The van der Waals surface area contributed by atoms with Gasteiger partial charge in [0.05, 0.1) is 11.8 Å². The minimum absolute atomic E-state index is 0.0158. The molecular weight excluding hydrogens is 252 g/mol. The molecule has 1 aromatic heterocycles. The van der Waals surface area contributed by atoms with Crippen molar-refractivity contribution in [1.82, 2.24) is 15.1 Å². The largest absolute Gasteiger partial charge is 0.349 e. The smallest absolute Gasteiger partial charge is 0.254 e. The van der Waals surface area contributed by atoms with Gasteiger partial charge in [-0.3, -0.25) is 9.48 Å². The summed E-state index contributed by atoms with van der Waals surface area (Å²) in [6, 6.07) is 0.627. The van der Waals surface area contributed by atoms with E-state index in [0.29, 0.717) is 29.5 Å². The molecule has 1 aromatic rings. The van der Waals surface area contributed by atoms with Crippen molar-refractivity contribution in [3.63, 3.8) is 0 Å². The predicted octanol–water partition coefficient (Wildman–Crippen LogP) is 1.54. The highest BCUT2D eigenvalue weighted by Crippen LogP contribution is 2.39. The average Bonchev–Trinajstić information content (AvgIpc) is 2.88. The average molecular weight is 276 g/mol. The molecule has 20 heavy (non-hydrogen) atoms. The molecule has 0 radical (unpaired) electrons. The van der Waals surface area contributed by atoms with E-state index in [9.17, 15) is 4.79 Å². The van der Waals surface area contributed by atoms with Crippen LogP contribution < -0.4 is 11.1 Å². The van der Waals surface area contributed by atoms with Gasteiger partial charge in [-0.25, -0.2) is 0 Å². The number of carbonyl (C=O) groups excluding carboxylic acids is 1. The minimum Gasteiger partial charge on any atom is -0.349 e. The van der Waals surface area contributed by atoms with Crippen molar-refractivity contribution < 1.29 is 4.79 Å². The topological polar surface area (TPSA) is 72.9 Å². The second-order valence-corrected chi connectivity index (χ2v) is 6.27. The summed E-state index contributed by atoms with van der Waals surface area (Å²) >= 11 is 0. The van der Waals surface area contributed by atoms with Crippen LogP contribution >= 0.6 is 0 Å². The van der Waals surface area contributed by atoms with Crippen LogP contribution in [0, 0.1) is 11.8 Å². The summed E-state index contributed by atoms with van der Waals surface area (Å²) in [7, 11) is 0. The van der Waals surface area contributed by atoms with Crippen LogP contribution in [0.15, 0.2) is 12.4 Å². The maximum atomic E-state index is 12.4. The standard InChI is InChI=1S/C15H24N4O/c1-2-19-9-12(8-17-19)15(20)18-14-10-4-3-5-11(14)7-13(16)6-10/h8-11,13-14H,2-7,16H2,1H3,(H,18,20). The molecule has 110 valence electrons. The lowest BCUT2D eigenvalue weighted by atomic mass is 9.67. The molecule has 2 atom stereocenters. The van der Waals surface area contributed by atoms with Gasteiger partial charge in [-0.2, -0.15) is 5.10 Å². The Morgan fingerprint density at radius 1 is 1.45 bits per heavy atom. The highest BCUT2D eigenvalue weighted by Gasteiger charge is 2.40. The van der Waals surface area contributed by atoms with E-state index in [-0.39, 0.29) is 5.91 Å². The highest BCUT2D eigenvalue weighted by atomic mass is 16.1. The van der Waals surface area contributed by atoms with Crippen LogP contribution in [0.2, 0.25) is 0 Å². The van der Waals surface area contributed by atoms with Crippen molar-refractivity contribution >= 4 is 5.91 Å². The number of nitrogens with zero attached hydrogens (tertiary/aromatic N) is 2. The monoisotopic (exact) mass is 276 g/mol. The number of aryl methyl sites for hydroxylation is 1. The fraction of sp³-hybridized carbons (Fsp3) is 0.733. The van der Waals surface area contributed by atoms with Gasteiger partial charge in [0.2, 0.25) is 0 Å². The Morgan fingerprint density at radius 3 is 2.75 bits per heavy atom. The Bertz CT molecular complexity index is 470. The van der Waals surface area contributed by atoms with Gasteiger partial charge in [-0.1, -0.05) is 6.42 Å². The Hall–Kier alpha value is -1.36. The Balaban J connectivity index is 1.69. The lowest BCUT2D eigenvalue weighted by molar-refractivity contribution is 0.0756. The fourth-order valence-electron chi connectivity index (χ4n) is 3.91. The summed E-state index contributed by atoms with van der Waals surface area (Å²) in [5, 5.41) is 7.42. The third kappa shape index (κ3) is 2.59. The Labute approximate surface area is 119 Å². The zero-order chi connectivity index (χ0) is 14.1. The first-order valence-corrected chi connectivity index (χ1v) is 7.76. The normalized spacial score (nSPS) is 32.9. The minimum atomic E-state index is 0.0158. The number of nitrogens with two attached hydrogens (primary N) is 1. The summed E-state index contributed by atoms with van der Waals surface area (Å²) in [5.41, 5.74) is 6.79. The van der Waals surface area contributed by atoms with Gasteiger partial charge in [-0.05, 0) is 44.4 Å². The van der Waals surface area contributed by atoms with E-state index >= 15 is 0 Å². The molecule has 1 amide bonds. The molecule has 0 spiro atoms. The maximum Gasteiger partial charge on any atom is 0.254 e. The molecular formula is C15H24N4O. The molecule has 2 unspecified atom stereocenters. The Kier molecular flexibility index (Phi) is 3.78. The van der Waals surface area contributed by atoms with E-state index < -0.39 is 0 Å². The van der Waals surface area contributed by atoms with Crippen LogP contribution in [0.4, 0.5) is 0 Å². The number of hydrogen-bond acceptors (Lipinski definition) is 3. The molecule has 3 N–H and O–H groups in total. The highest BCUT2D eigenvalue weighted by molar-refractivity contribution is 5.93. The second kappa shape index (κ2) is 5.56. The van der Waals surface area contributed by atoms with Gasteiger partial charge in [0.1, 0.15) is 0 Å². The zero-order valence-corrected chi connectivity index (χ0v) is 12.1. The molecule has 5 nitrogen and oxygen atoms in total. The van der Waals surface area contributed by atoms with Crippen LogP contribution in [0.1, 0.15) is 49.4 Å². The predicted molar refractivity (Wildman–Crippen MR) is 77.2 cm³/mol. The fourth-order valence-corrected chi connectivity index (χ4v) is 3.91. The van der Waals surface area contributed by atoms with E-state index in [1.54, 1.807) is 10.9 Å². The quantitative estimate of drug-likeness (QED) is 0.879. The van der Waals surface area contributed by atoms with Crippen molar-refractivity contribution in [1.29, 1.82) is 0 Å². The molecule has 1 heterocycles. The number of aromatic nitrogens is 2. The van der Waals surface area contributed by atoms with Crippen LogP contribution in [0.3, 0.4) is 0 Å². The lowest BCUT2D eigenvalue weighted by Gasteiger charge is -2.45. The summed E-state index contributed by atoms with van der Waals surface area (Å²) < 4.78 is 1.78. The first kappa shape index (κ1) is 13.6. The van der Waals surface area contributed by atoms with Crippen LogP contribution in [0.25, 0.3) is 0 Å². The second-order valence-electron chi connectivity index (χ2n) is 6.27. The molecule has 0 saturated heterocycles. The van der Waals surface area contributed by atoms with Gasteiger partial charge in [0.25, 0.3) is 5.91 Å². The number of carbonyl (C=O) groups is 1. The number of fused-ring (bicyclic) bond motifs is 2. The van der Waals surface area contributed by atoms with E-state index in [1.807, 2.05) is 13.1 Å². The summed E-state index contributed by atoms with van der Waals surface area (Å²) in [5.74, 6) is 1.13. The number of nitrogens with one attached hydrogen (secondary N) is 1. The van der Waals surface area contributed by atoms with E-state index in [4.69, 9.17) is 5.73 Å². The molecule has 2 aliphatic rings. The zero-order valence-electron chi connectivity index (χ0n) is 12.1. The van der Waals surface area contributed by atoms with Crippen molar-refractivity contribution in [3.05, 3.63) is 18.0 Å². The van der Waals surface area contributed by atoms with Crippen LogP contribution in [-0.4, -0.2) is 27.8 Å². The summed E-state index contributed by atoms with van der Waals surface area (Å²) in [4.78, 5) is 12.4. The van der Waals surface area contributed by atoms with Crippen molar-refractivity contribution in [2.24, 2.45) is 17.6 Å². The SMILES string of the molecule is CCn1cc(C(=O)NC2C3CCCC2CC(N)C3)cn1. The molecule has 0 aromatic carbocycles. The maximum absolute atomic E-state index is 12.4. The van der Waals surface area contributed by atoms with Crippen LogP contribution in [-0.2, 0) is 6.54 Å². The summed E-state index contributed by atoms with van der Waals surface area (Å²) in [6.45, 7) is 2.80. The first-order chi connectivity index (χ1) is 9.67. The molecule has 2 bridgehead atoms. The van der Waals surface area contributed by atoms with Gasteiger partial charge in [-0.15, -0.1) is 0 Å². The number of amides is 1. The third-order valence-corrected chi connectivity index (χ3v) is 4.89. The van der Waals surface area contributed by atoms with Crippen molar-refractivity contribution in [2.75, 3.05) is 0 Å². The molecule has 2 saturated carbocycles. The van der Waals surface area contributed by atoms with Gasteiger partial charge < -0.3 is 11.1 Å². The number of rotatable bonds is 3. The van der Waals surface area contributed by atoms with Crippen molar-refractivity contribution in [2.45, 2.75) is 57.7 Å².